The van der Waals surface area contributed by atoms with Crippen molar-refractivity contribution in [3.63, 3.8) is 0 Å². The first-order chi connectivity index (χ1) is 8.73. The van der Waals surface area contributed by atoms with E-state index in [1.54, 1.807) is 0 Å². The number of thiol groups is 1. The molecule has 1 N–H and O–H groups in total. The molecule has 1 aromatic carbocycles. The van der Waals surface area contributed by atoms with Gasteiger partial charge < -0.3 is 4.98 Å². The minimum Gasteiger partial charge on any atom is -0.333 e. The molecule has 0 spiro atoms. The van der Waals surface area contributed by atoms with E-state index < -0.39 is 0 Å². The van der Waals surface area contributed by atoms with Gasteiger partial charge in [0.05, 0.1) is 11.0 Å². The van der Waals surface area contributed by atoms with Gasteiger partial charge in [-0.05, 0) is 36.1 Å². The van der Waals surface area contributed by atoms with Crippen LogP contribution < -0.4 is 0 Å². The number of fused-ring (bicyclic) bond motifs is 1. The molecule has 0 aliphatic rings. The smallest absolute Gasteiger partial charge is 0.166 e. The van der Waals surface area contributed by atoms with Crippen molar-refractivity contribution in [2.45, 2.75) is 31.8 Å². The summed E-state index contributed by atoms with van der Waals surface area (Å²) in [5.74, 6) is 2.01. The summed E-state index contributed by atoms with van der Waals surface area (Å²) in [6, 6.07) is 8.16. The van der Waals surface area contributed by atoms with E-state index in [0.717, 1.165) is 27.7 Å². The number of H-pyrrole nitrogens is 1. The number of rotatable bonds is 6. The third-order valence-electron chi connectivity index (χ3n) is 3.72. The molecule has 4 heteroatoms. The maximum absolute atomic E-state index is 4.60. The lowest BCUT2D eigenvalue weighted by Gasteiger charge is -2.28. The fourth-order valence-corrected chi connectivity index (χ4v) is 3.95. The van der Waals surface area contributed by atoms with Crippen molar-refractivity contribution >= 4 is 35.4 Å². The monoisotopic (exact) mass is 280 g/mol. The van der Waals surface area contributed by atoms with E-state index in [-0.39, 0.29) is 0 Å². The Labute approximate surface area is 118 Å². The molecule has 0 unspecified atom stereocenters. The molecule has 2 aromatic rings. The Morgan fingerprint density at radius 3 is 2.61 bits per heavy atom. The average molecular weight is 280 g/mol. The highest BCUT2D eigenvalue weighted by Gasteiger charge is 2.25. The van der Waals surface area contributed by atoms with Crippen LogP contribution in [0.3, 0.4) is 0 Å². The predicted molar refractivity (Wildman–Crippen MR) is 83.7 cm³/mol. The highest BCUT2D eigenvalue weighted by atomic mass is 32.2. The molecule has 2 nitrogen and oxygen atoms in total. The summed E-state index contributed by atoms with van der Waals surface area (Å²) in [4.78, 5) is 7.97. The fraction of sp³-hybridized carbons (Fsp3) is 0.500. The molecule has 0 fully saturated rings. The lowest BCUT2D eigenvalue weighted by molar-refractivity contribution is 0.357. The topological polar surface area (TPSA) is 28.7 Å². The van der Waals surface area contributed by atoms with E-state index in [1.807, 2.05) is 30.0 Å². The van der Waals surface area contributed by atoms with Crippen LogP contribution in [0.4, 0.5) is 0 Å². The quantitative estimate of drug-likeness (QED) is 0.607. The molecule has 2 rings (SSSR count). The molecule has 0 radical (unpaired) electrons. The number of aromatic amines is 1. The van der Waals surface area contributed by atoms with Crippen molar-refractivity contribution < 1.29 is 0 Å². The molecule has 1 aromatic heterocycles. The van der Waals surface area contributed by atoms with E-state index in [4.69, 9.17) is 0 Å². The van der Waals surface area contributed by atoms with Gasteiger partial charge in [-0.3, -0.25) is 0 Å². The van der Waals surface area contributed by atoms with Crippen LogP contribution in [-0.2, 0) is 0 Å². The average Bonchev–Trinajstić information content (AvgIpc) is 2.84. The molecule has 0 saturated carbocycles. The molecule has 0 atom stereocenters. The Bertz CT molecular complexity index is 462. The Morgan fingerprint density at radius 1 is 1.28 bits per heavy atom. The second-order valence-corrected chi connectivity index (χ2v) is 5.99. The third kappa shape index (κ3) is 2.86. The van der Waals surface area contributed by atoms with Crippen LogP contribution in [-0.4, -0.2) is 21.5 Å². The number of nitrogens with one attached hydrogen (secondary N) is 1. The predicted octanol–water partition coefficient (Wildman–Crippen LogP) is 4.39. The van der Waals surface area contributed by atoms with Crippen molar-refractivity contribution in [3.8, 4) is 0 Å². The highest BCUT2D eigenvalue weighted by Crippen LogP contribution is 2.34. The summed E-state index contributed by atoms with van der Waals surface area (Å²) in [6.07, 6.45) is 2.33. The van der Waals surface area contributed by atoms with Gasteiger partial charge >= 0.3 is 0 Å². The number of hydrogen-bond donors (Lipinski definition) is 2. The zero-order chi connectivity index (χ0) is 13.0. The highest BCUT2D eigenvalue weighted by molar-refractivity contribution is 7.99. The van der Waals surface area contributed by atoms with Crippen molar-refractivity contribution in [1.29, 1.82) is 0 Å². The second kappa shape index (κ2) is 6.02. The molecule has 0 amide bonds. The van der Waals surface area contributed by atoms with Gasteiger partial charge in [0.1, 0.15) is 0 Å². The van der Waals surface area contributed by atoms with Gasteiger partial charge in [-0.2, -0.15) is 12.6 Å². The van der Waals surface area contributed by atoms with Gasteiger partial charge in [0.2, 0.25) is 0 Å². The van der Waals surface area contributed by atoms with Crippen LogP contribution in [0.25, 0.3) is 11.0 Å². The van der Waals surface area contributed by atoms with Crippen LogP contribution in [0.15, 0.2) is 29.4 Å². The SMILES string of the molecule is CCC(CC)(CS)CSc1nc2ccccc2[nH]1. The normalized spacial score (nSPS) is 12.2. The van der Waals surface area contributed by atoms with Crippen molar-refractivity contribution in [3.05, 3.63) is 24.3 Å². The van der Waals surface area contributed by atoms with E-state index in [1.165, 1.54) is 12.8 Å². The number of hydrogen-bond acceptors (Lipinski definition) is 3. The molecule has 98 valence electrons. The number of benzene rings is 1. The number of nitrogens with zero attached hydrogens (tertiary/aromatic N) is 1. The van der Waals surface area contributed by atoms with Gasteiger partial charge in [0, 0.05) is 5.75 Å². The minimum atomic E-state index is 0.326. The summed E-state index contributed by atoms with van der Waals surface area (Å²) in [5, 5.41) is 1.02. The summed E-state index contributed by atoms with van der Waals surface area (Å²) in [5.41, 5.74) is 2.49. The van der Waals surface area contributed by atoms with Gasteiger partial charge in [0.25, 0.3) is 0 Å². The van der Waals surface area contributed by atoms with Gasteiger partial charge in [-0.25, -0.2) is 4.98 Å². The van der Waals surface area contributed by atoms with Crippen molar-refractivity contribution in [2.24, 2.45) is 5.41 Å². The number of aromatic nitrogens is 2. The molecule has 0 bridgehead atoms. The second-order valence-electron chi connectivity index (χ2n) is 4.71. The molecule has 0 aliphatic carbocycles. The molecule has 18 heavy (non-hydrogen) atoms. The lowest BCUT2D eigenvalue weighted by Crippen LogP contribution is -2.24. The molecular formula is C14H20N2S2. The summed E-state index contributed by atoms with van der Waals surface area (Å²) in [6.45, 7) is 4.50. The van der Waals surface area contributed by atoms with Crippen molar-refractivity contribution in [1.82, 2.24) is 9.97 Å². The Morgan fingerprint density at radius 2 is 2.00 bits per heavy atom. The molecule has 1 heterocycles. The van der Waals surface area contributed by atoms with Crippen LogP contribution in [0.2, 0.25) is 0 Å². The first-order valence-electron chi connectivity index (χ1n) is 6.41. The third-order valence-corrected chi connectivity index (χ3v) is 5.61. The van der Waals surface area contributed by atoms with Gasteiger partial charge in [0.15, 0.2) is 5.16 Å². The largest absolute Gasteiger partial charge is 0.333 e. The first-order valence-corrected chi connectivity index (χ1v) is 8.03. The van der Waals surface area contributed by atoms with E-state index in [9.17, 15) is 0 Å². The molecule has 0 aliphatic heterocycles. The maximum Gasteiger partial charge on any atom is 0.166 e. The van der Waals surface area contributed by atoms with Crippen LogP contribution in [0.1, 0.15) is 26.7 Å². The van der Waals surface area contributed by atoms with E-state index in [0.29, 0.717) is 5.41 Å². The summed E-state index contributed by atoms with van der Waals surface area (Å²) in [7, 11) is 0. The summed E-state index contributed by atoms with van der Waals surface area (Å²) >= 11 is 6.33. The zero-order valence-corrected chi connectivity index (χ0v) is 12.7. The first kappa shape index (κ1) is 13.8. The Balaban J connectivity index is 2.09. The van der Waals surface area contributed by atoms with E-state index >= 15 is 0 Å². The molecule has 0 saturated heterocycles. The summed E-state index contributed by atoms with van der Waals surface area (Å²) < 4.78 is 0. The van der Waals surface area contributed by atoms with Gasteiger partial charge in [-0.1, -0.05) is 37.7 Å². The van der Waals surface area contributed by atoms with Gasteiger partial charge in [-0.15, -0.1) is 0 Å². The fourth-order valence-electron chi connectivity index (χ4n) is 1.94. The molecular weight excluding hydrogens is 260 g/mol. The number of thioether (sulfide) groups is 1. The number of para-hydroxylation sites is 2. The Kier molecular flexibility index (Phi) is 4.62. The van der Waals surface area contributed by atoms with Crippen molar-refractivity contribution in [2.75, 3.05) is 11.5 Å². The Hall–Kier alpha value is -0.610. The van der Waals surface area contributed by atoms with Crippen LogP contribution in [0.5, 0.6) is 0 Å². The lowest BCUT2D eigenvalue weighted by atomic mass is 9.87. The number of imidazole rings is 1. The standard InChI is InChI=1S/C14H20N2S2/c1-3-14(4-2,9-17)10-18-13-15-11-7-5-6-8-12(11)16-13/h5-8,17H,3-4,9-10H2,1-2H3,(H,15,16). The minimum absolute atomic E-state index is 0.326. The zero-order valence-electron chi connectivity index (χ0n) is 10.9. The maximum atomic E-state index is 4.60. The van der Waals surface area contributed by atoms with E-state index in [2.05, 4.69) is 42.5 Å². The van der Waals surface area contributed by atoms with Crippen LogP contribution >= 0.6 is 24.4 Å². The van der Waals surface area contributed by atoms with Crippen LogP contribution in [0, 0.1) is 5.41 Å².